The molecule has 0 aliphatic rings. The van der Waals surface area contributed by atoms with Gasteiger partial charge in [-0.25, -0.2) is 12.8 Å². The average molecular weight is 342 g/mol. The monoisotopic (exact) mass is 341 g/mol. The zero-order valence-electron chi connectivity index (χ0n) is 9.41. The third-order valence-corrected chi connectivity index (χ3v) is 6.11. The highest BCUT2D eigenvalue weighted by Gasteiger charge is 2.30. The van der Waals surface area contributed by atoms with Crippen LogP contribution in [0.1, 0.15) is 12.5 Å². The Labute approximate surface area is 112 Å². The van der Waals surface area contributed by atoms with Crippen LogP contribution >= 0.6 is 26.7 Å². The molecule has 1 rings (SSSR count). The molecule has 3 nitrogen and oxygen atoms in total. The van der Waals surface area contributed by atoms with E-state index in [0.29, 0.717) is 15.3 Å². The largest absolute Gasteiger partial charge is 0.321 e. The van der Waals surface area contributed by atoms with E-state index in [1.807, 2.05) is 0 Å². The Hall–Kier alpha value is -0.110. The van der Waals surface area contributed by atoms with Gasteiger partial charge in [-0.05, 0) is 42.2 Å². The topological polar surface area (TPSA) is 60.2 Å². The molecular formula is C10H13BrFNO2S2. The molecule has 0 aliphatic carbocycles. The van der Waals surface area contributed by atoms with E-state index in [9.17, 15) is 12.8 Å². The maximum atomic E-state index is 13.6. The van der Waals surface area contributed by atoms with Gasteiger partial charge in [-0.1, -0.05) is 15.9 Å². The van der Waals surface area contributed by atoms with Gasteiger partial charge in [0.1, 0.15) is 5.82 Å². The number of benzene rings is 1. The van der Waals surface area contributed by atoms with E-state index < -0.39 is 20.2 Å². The van der Waals surface area contributed by atoms with Crippen LogP contribution in [0.15, 0.2) is 22.7 Å². The second-order valence-electron chi connectivity index (χ2n) is 3.91. The maximum absolute atomic E-state index is 13.6. The molecule has 1 aromatic carbocycles. The van der Waals surface area contributed by atoms with Crippen molar-refractivity contribution in [3.05, 3.63) is 34.1 Å². The molecule has 0 radical (unpaired) electrons. The van der Waals surface area contributed by atoms with Crippen molar-refractivity contribution >= 4 is 35.6 Å². The van der Waals surface area contributed by atoms with Gasteiger partial charge in [0.25, 0.3) is 0 Å². The second-order valence-corrected chi connectivity index (χ2v) is 9.09. The summed E-state index contributed by atoms with van der Waals surface area (Å²) < 4.78 is 37.4. The Morgan fingerprint density at radius 1 is 1.53 bits per heavy atom. The van der Waals surface area contributed by atoms with Crippen LogP contribution in [-0.2, 0) is 14.4 Å². The van der Waals surface area contributed by atoms with Gasteiger partial charge in [-0.15, -0.1) is 0 Å². The Morgan fingerprint density at radius 3 is 2.65 bits per heavy atom. The second kappa shape index (κ2) is 5.26. The SMILES string of the molecule is CSS(=O)(=O)C[C@](C)(N)c1cc(Br)ccc1F. The molecule has 0 fully saturated rings. The number of hydrogen-bond acceptors (Lipinski definition) is 4. The molecule has 0 aromatic heterocycles. The standard InChI is InChI=1S/C10H13BrFNO2S2/c1-10(13,6-17(14,15)16-2)8-5-7(11)3-4-9(8)12/h3-5H,6,13H2,1-2H3/t10-/m0/s1. The normalized spacial score (nSPS) is 15.6. The smallest absolute Gasteiger partial charge is 0.203 e. The predicted molar refractivity (Wildman–Crippen MR) is 72.9 cm³/mol. The molecule has 0 aliphatic heterocycles. The van der Waals surface area contributed by atoms with Crippen molar-refractivity contribution in [3.63, 3.8) is 0 Å². The van der Waals surface area contributed by atoms with E-state index in [1.165, 1.54) is 31.4 Å². The van der Waals surface area contributed by atoms with Gasteiger partial charge in [0.15, 0.2) is 0 Å². The molecule has 2 N–H and O–H groups in total. The van der Waals surface area contributed by atoms with E-state index in [1.54, 1.807) is 0 Å². The van der Waals surface area contributed by atoms with Crippen LogP contribution in [0, 0.1) is 5.82 Å². The Balaban J connectivity index is 3.17. The summed E-state index contributed by atoms with van der Waals surface area (Å²) in [5.74, 6) is -0.816. The van der Waals surface area contributed by atoms with Crippen molar-refractivity contribution in [2.24, 2.45) is 5.73 Å². The minimum atomic E-state index is -3.35. The number of rotatable bonds is 4. The lowest BCUT2D eigenvalue weighted by Crippen LogP contribution is -2.40. The number of nitrogens with two attached hydrogens (primary N) is 1. The highest BCUT2D eigenvalue weighted by atomic mass is 79.9. The average Bonchev–Trinajstić information content (AvgIpc) is 2.20. The van der Waals surface area contributed by atoms with Crippen molar-refractivity contribution in [2.75, 3.05) is 12.0 Å². The van der Waals surface area contributed by atoms with Crippen LogP contribution in [0.25, 0.3) is 0 Å². The molecule has 0 bridgehead atoms. The van der Waals surface area contributed by atoms with Crippen LogP contribution in [0.2, 0.25) is 0 Å². The van der Waals surface area contributed by atoms with Crippen LogP contribution in [0.4, 0.5) is 4.39 Å². The third-order valence-electron chi connectivity index (χ3n) is 2.27. The summed E-state index contributed by atoms with van der Waals surface area (Å²) in [4.78, 5) is 0. The Morgan fingerprint density at radius 2 is 2.12 bits per heavy atom. The van der Waals surface area contributed by atoms with E-state index in [0.717, 1.165) is 0 Å². The quantitative estimate of drug-likeness (QED) is 0.854. The fraction of sp³-hybridized carbons (Fsp3) is 0.400. The molecule has 7 heteroatoms. The fourth-order valence-electron chi connectivity index (χ4n) is 1.44. The van der Waals surface area contributed by atoms with Crippen LogP contribution in [0.3, 0.4) is 0 Å². The molecule has 0 amide bonds. The minimum Gasteiger partial charge on any atom is -0.321 e. The van der Waals surface area contributed by atoms with Crippen molar-refractivity contribution in [1.82, 2.24) is 0 Å². The highest BCUT2D eigenvalue weighted by molar-refractivity contribution is 9.10. The van der Waals surface area contributed by atoms with E-state index in [4.69, 9.17) is 5.73 Å². The lowest BCUT2D eigenvalue weighted by molar-refractivity contribution is 0.496. The zero-order valence-corrected chi connectivity index (χ0v) is 12.6. The molecule has 96 valence electrons. The van der Waals surface area contributed by atoms with Crippen molar-refractivity contribution in [2.45, 2.75) is 12.5 Å². The number of halogens is 2. The van der Waals surface area contributed by atoms with Crippen molar-refractivity contribution in [3.8, 4) is 0 Å². The van der Waals surface area contributed by atoms with Gasteiger partial charge in [0.2, 0.25) is 8.87 Å². The summed E-state index contributed by atoms with van der Waals surface area (Å²) in [7, 11) is -2.63. The highest BCUT2D eigenvalue weighted by Crippen LogP contribution is 2.28. The fourth-order valence-corrected chi connectivity index (χ4v) is 3.90. The van der Waals surface area contributed by atoms with Crippen molar-refractivity contribution in [1.29, 1.82) is 0 Å². The van der Waals surface area contributed by atoms with E-state index in [2.05, 4.69) is 15.9 Å². The molecule has 0 saturated heterocycles. The summed E-state index contributed by atoms with van der Waals surface area (Å²) in [6.07, 6.45) is 1.46. The lowest BCUT2D eigenvalue weighted by Gasteiger charge is -2.25. The van der Waals surface area contributed by atoms with Crippen LogP contribution in [-0.4, -0.2) is 20.4 Å². The molecule has 0 spiro atoms. The summed E-state index contributed by atoms with van der Waals surface area (Å²) in [6, 6.07) is 4.30. The Bertz CT molecular complexity index is 517. The van der Waals surface area contributed by atoms with Crippen LogP contribution in [0.5, 0.6) is 0 Å². The molecule has 17 heavy (non-hydrogen) atoms. The van der Waals surface area contributed by atoms with Gasteiger partial charge in [-0.3, -0.25) is 0 Å². The number of hydrogen-bond donors (Lipinski definition) is 1. The summed E-state index contributed by atoms with van der Waals surface area (Å²) >= 11 is 3.21. The first-order chi connectivity index (χ1) is 7.68. The Kier molecular flexibility index (Phi) is 4.62. The van der Waals surface area contributed by atoms with Crippen LogP contribution < -0.4 is 5.73 Å². The first-order valence-electron chi connectivity index (χ1n) is 4.71. The molecule has 1 atom stereocenters. The zero-order chi connectivity index (χ0) is 13.3. The van der Waals surface area contributed by atoms with Gasteiger partial charge >= 0.3 is 0 Å². The third kappa shape index (κ3) is 3.94. The molecule has 1 aromatic rings. The first kappa shape index (κ1) is 14.9. The molecular weight excluding hydrogens is 329 g/mol. The summed E-state index contributed by atoms with van der Waals surface area (Å²) in [5.41, 5.74) is 4.85. The first-order valence-corrected chi connectivity index (χ1v) is 8.89. The summed E-state index contributed by atoms with van der Waals surface area (Å²) in [5, 5.41) is 0. The predicted octanol–water partition coefficient (Wildman–Crippen LogP) is 2.45. The van der Waals surface area contributed by atoms with Crippen molar-refractivity contribution < 1.29 is 12.8 Å². The van der Waals surface area contributed by atoms with E-state index >= 15 is 0 Å². The van der Waals surface area contributed by atoms with Gasteiger partial charge < -0.3 is 5.73 Å². The van der Waals surface area contributed by atoms with Gasteiger partial charge in [0, 0.05) is 10.0 Å². The van der Waals surface area contributed by atoms with Gasteiger partial charge in [0.05, 0.1) is 11.3 Å². The van der Waals surface area contributed by atoms with Gasteiger partial charge in [-0.2, -0.15) is 0 Å². The van der Waals surface area contributed by atoms with E-state index in [-0.39, 0.29) is 11.3 Å². The molecule has 0 unspecified atom stereocenters. The lowest BCUT2D eigenvalue weighted by atomic mass is 9.95. The molecule has 0 saturated carbocycles. The molecule has 0 heterocycles. The minimum absolute atomic E-state index is 0.185. The maximum Gasteiger partial charge on any atom is 0.203 e. The summed E-state index contributed by atoms with van der Waals surface area (Å²) in [6.45, 7) is 1.51.